The third-order valence-electron chi connectivity index (χ3n) is 3.71. The molecule has 1 aromatic carbocycles. The molecule has 2 rings (SSSR count). The molecule has 1 atom stereocenters. The van der Waals surface area contributed by atoms with E-state index in [0.717, 1.165) is 12.8 Å². The number of halogens is 1. The zero-order valence-electron chi connectivity index (χ0n) is 12.3. The van der Waals surface area contributed by atoms with Crippen molar-refractivity contribution >= 4 is 11.9 Å². The van der Waals surface area contributed by atoms with Crippen molar-refractivity contribution in [2.24, 2.45) is 0 Å². The summed E-state index contributed by atoms with van der Waals surface area (Å²) in [6.45, 7) is 0.793. The molecule has 5 nitrogen and oxygen atoms in total. The standard InChI is InChI=1S/C16H20FNO4/c17-12-5-3-6-13(11-12)22-10-4-8-15(19)18-9-2-1-7-14(18)16(20)21/h3,5-6,11,14H,1-2,4,7-10H2,(H,20,21)/t14-/m1/s1. The number of ether oxygens (including phenoxy) is 1. The van der Waals surface area contributed by atoms with E-state index in [1.807, 2.05) is 0 Å². The Labute approximate surface area is 128 Å². The molecule has 1 aliphatic rings. The maximum absolute atomic E-state index is 13.0. The molecule has 0 aliphatic carbocycles. The monoisotopic (exact) mass is 309 g/mol. The topological polar surface area (TPSA) is 66.8 Å². The smallest absolute Gasteiger partial charge is 0.326 e. The van der Waals surface area contributed by atoms with Crippen LogP contribution in [0.2, 0.25) is 0 Å². The first kappa shape index (κ1) is 16.3. The van der Waals surface area contributed by atoms with Gasteiger partial charge in [0, 0.05) is 19.0 Å². The van der Waals surface area contributed by atoms with Gasteiger partial charge in [-0.1, -0.05) is 6.07 Å². The molecule has 1 N–H and O–H groups in total. The number of rotatable bonds is 6. The molecule has 1 fully saturated rings. The number of likely N-dealkylation sites (tertiary alicyclic amines) is 1. The lowest BCUT2D eigenvalue weighted by Crippen LogP contribution is -2.47. The van der Waals surface area contributed by atoms with Crippen LogP contribution in [0.1, 0.15) is 32.1 Å². The van der Waals surface area contributed by atoms with Crippen molar-refractivity contribution in [1.82, 2.24) is 4.90 Å². The summed E-state index contributed by atoms with van der Waals surface area (Å²) in [5.74, 6) is -1.04. The van der Waals surface area contributed by atoms with E-state index in [1.165, 1.54) is 17.0 Å². The Hall–Kier alpha value is -2.11. The highest BCUT2D eigenvalue weighted by molar-refractivity contribution is 5.83. The molecule has 0 radical (unpaired) electrons. The third kappa shape index (κ3) is 4.44. The number of aliphatic carboxylic acids is 1. The lowest BCUT2D eigenvalue weighted by atomic mass is 10.0. The Morgan fingerprint density at radius 3 is 2.91 bits per heavy atom. The molecule has 1 aliphatic heterocycles. The van der Waals surface area contributed by atoms with Crippen LogP contribution < -0.4 is 4.74 Å². The second-order valence-electron chi connectivity index (χ2n) is 5.35. The predicted octanol–water partition coefficient (Wildman–Crippen LogP) is 2.45. The van der Waals surface area contributed by atoms with Crippen LogP contribution in [-0.4, -0.2) is 41.1 Å². The summed E-state index contributed by atoms with van der Waals surface area (Å²) in [5, 5.41) is 9.15. The minimum absolute atomic E-state index is 0.157. The van der Waals surface area contributed by atoms with Crippen LogP contribution >= 0.6 is 0 Å². The Balaban J connectivity index is 1.76. The summed E-state index contributed by atoms with van der Waals surface area (Å²) in [6.07, 6.45) is 2.90. The molecule has 6 heteroatoms. The van der Waals surface area contributed by atoms with Gasteiger partial charge in [-0.15, -0.1) is 0 Å². The molecule has 0 aromatic heterocycles. The molecule has 120 valence electrons. The highest BCUT2D eigenvalue weighted by Crippen LogP contribution is 2.19. The van der Waals surface area contributed by atoms with Crippen LogP contribution in [0.5, 0.6) is 5.75 Å². The van der Waals surface area contributed by atoms with Gasteiger partial charge in [-0.25, -0.2) is 9.18 Å². The molecule has 0 unspecified atom stereocenters. The fraction of sp³-hybridized carbons (Fsp3) is 0.500. The van der Waals surface area contributed by atoms with E-state index in [2.05, 4.69) is 0 Å². The van der Waals surface area contributed by atoms with Crippen molar-refractivity contribution in [3.05, 3.63) is 30.1 Å². The molecule has 22 heavy (non-hydrogen) atoms. The first-order valence-corrected chi connectivity index (χ1v) is 7.48. The van der Waals surface area contributed by atoms with Gasteiger partial charge in [0.05, 0.1) is 6.61 Å². The quantitative estimate of drug-likeness (QED) is 0.820. The summed E-state index contributed by atoms with van der Waals surface area (Å²) in [7, 11) is 0. The Morgan fingerprint density at radius 1 is 1.36 bits per heavy atom. The highest BCUT2D eigenvalue weighted by atomic mass is 19.1. The Morgan fingerprint density at radius 2 is 2.18 bits per heavy atom. The van der Waals surface area contributed by atoms with Crippen LogP contribution in [0.25, 0.3) is 0 Å². The summed E-state index contributed by atoms with van der Waals surface area (Å²) in [6, 6.07) is 5.12. The number of hydrogen-bond donors (Lipinski definition) is 1. The lowest BCUT2D eigenvalue weighted by molar-refractivity contribution is -0.152. The zero-order valence-corrected chi connectivity index (χ0v) is 12.3. The summed E-state index contributed by atoms with van der Waals surface area (Å²) >= 11 is 0. The van der Waals surface area contributed by atoms with E-state index in [4.69, 9.17) is 9.84 Å². The molecule has 1 aromatic rings. The van der Waals surface area contributed by atoms with Gasteiger partial charge in [-0.05, 0) is 37.8 Å². The van der Waals surface area contributed by atoms with Gasteiger partial charge in [-0.2, -0.15) is 0 Å². The molecule has 1 amide bonds. The van der Waals surface area contributed by atoms with Gasteiger partial charge in [0.1, 0.15) is 17.6 Å². The second kappa shape index (κ2) is 7.77. The maximum atomic E-state index is 13.0. The summed E-state index contributed by atoms with van der Waals surface area (Å²) in [5.41, 5.74) is 0. The van der Waals surface area contributed by atoms with E-state index in [-0.39, 0.29) is 18.1 Å². The van der Waals surface area contributed by atoms with Crippen molar-refractivity contribution in [3.8, 4) is 5.75 Å². The molecular formula is C16H20FNO4. The number of nitrogens with zero attached hydrogens (tertiary/aromatic N) is 1. The highest BCUT2D eigenvalue weighted by Gasteiger charge is 2.31. The lowest BCUT2D eigenvalue weighted by Gasteiger charge is -2.33. The fourth-order valence-corrected chi connectivity index (χ4v) is 2.60. The molecule has 0 bridgehead atoms. The van der Waals surface area contributed by atoms with E-state index >= 15 is 0 Å². The zero-order chi connectivity index (χ0) is 15.9. The van der Waals surface area contributed by atoms with Gasteiger partial charge in [-0.3, -0.25) is 4.79 Å². The number of carboxylic acids is 1. The minimum atomic E-state index is -0.941. The Bertz CT molecular complexity index is 535. The number of benzene rings is 1. The van der Waals surface area contributed by atoms with Gasteiger partial charge >= 0.3 is 5.97 Å². The molecule has 0 saturated carbocycles. The number of piperidine rings is 1. The van der Waals surface area contributed by atoms with Crippen molar-refractivity contribution in [3.63, 3.8) is 0 Å². The second-order valence-corrected chi connectivity index (χ2v) is 5.35. The van der Waals surface area contributed by atoms with Crippen molar-refractivity contribution in [2.75, 3.05) is 13.2 Å². The number of hydrogen-bond acceptors (Lipinski definition) is 3. The average molecular weight is 309 g/mol. The first-order chi connectivity index (χ1) is 10.6. The van der Waals surface area contributed by atoms with Crippen LogP contribution in [0.3, 0.4) is 0 Å². The van der Waals surface area contributed by atoms with Gasteiger partial charge in [0.15, 0.2) is 0 Å². The largest absolute Gasteiger partial charge is 0.493 e. The predicted molar refractivity (Wildman–Crippen MR) is 78.1 cm³/mol. The van der Waals surface area contributed by atoms with Crippen molar-refractivity contribution in [2.45, 2.75) is 38.1 Å². The number of carboxylic acid groups (broad SMARTS) is 1. The fourth-order valence-electron chi connectivity index (χ4n) is 2.60. The van der Waals surface area contributed by atoms with Crippen LogP contribution in [0.15, 0.2) is 24.3 Å². The minimum Gasteiger partial charge on any atom is -0.493 e. The van der Waals surface area contributed by atoms with Crippen molar-refractivity contribution in [1.29, 1.82) is 0 Å². The molecule has 0 spiro atoms. The van der Waals surface area contributed by atoms with Crippen LogP contribution in [0, 0.1) is 5.82 Å². The van der Waals surface area contributed by atoms with Gasteiger partial charge in [0.25, 0.3) is 0 Å². The Kier molecular flexibility index (Phi) is 5.75. The molecular weight excluding hydrogens is 289 g/mol. The summed E-state index contributed by atoms with van der Waals surface area (Å²) < 4.78 is 18.3. The van der Waals surface area contributed by atoms with E-state index in [9.17, 15) is 14.0 Å². The van der Waals surface area contributed by atoms with Gasteiger partial charge in [0.2, 0.25) is 5.91 Å². The number of carbonyl (C=O) groups excluding carboxylic acids is 1. The van der Waals surface area contributed by atoms with E-state index in [0.29, 0.717) is 31.7 Å². The molecule has 1 saturated heterocycles. The maximum Gasteiger partial charge on any atom is 0.326 e. The van der Waals surface area contributed by atoms with Crippen molar-refractivity contribution < 1.29 is 23.8 Å². The first-order valence-electron chi connectivity index (χ1n) is 7.48. The normalized spacial score (nSPS) is 18.0. The van der Waals surface area contributed by atoms with Crippen LogP contribution in [0.4, 0.5) is 4.39 Å². The SMILES string of the molecule is O=C(O)[C@H]1CCCCN1C(=O)CCCOc1cccc(F)c1. The van der Waals surface area contributed by atoms with E-state index < -0.39 is 12.0 Å². The average Bonchev–Trinajstić information content (AvgIpc) is 2.51. The number of carbonyl (C=O) groups is 2. The molecule has 1 heterocycles. The summed E-state index contributed by atoms with van der Waals surface area (Å²) in [4.78, 5) is 24.7. The van der Waals surface area contributed by atoms with E-state index in [1.54, 1.807) is 12.1 Å². The van der Waals surface area contributed by atoms with Gasteiger partial charge < -0.3 is 14.7 Å². The number of amides is 1. The van der Waals surface area contributed by atoms with Crippen LogP contribution in [-0.2, 0) is 9.59 Å². The third-order valence-corrected chi connectivity index (χ3v) is 3.71.